The lowest BCUT2D eigenvalue weighted by atomic mass is 10.0. The van der Waals surface area contributed by atoms with E-state index in [1.54, 1.807) is 23.0 Å². The molecule has 0 saturated carbocycles. The maximum absolute atomic E-state index is 15.5. The van der Waals surface area contributed by atoms with Crippen LogP contribution in [-0.2, 0) is 4.79 Å². The molecule has 29 heavy (non-hydrogen) atoms. The number of pyridine rings is 1. The molecule has 1 aromatic carbocycles. The van der Waals surface area contributed by atoms with Crippen LogP contribution in [0.2, 0.25) is 5.02 Å². The molecular weight excluding hydrogens is 415 g/mol. The van der Waals surface area contributed by atoms with E-state index in [-0.39, 0.29) is 5.02 Å². The number of hydrogen-bond donors (Lipinski definition) is 2. The van der Waals surface area contributed by atoms with Gasteiger partial charge in [0.25, 0.3) is 0 Å². The normalized spacial score (nSPS) is 14.6. The minimum Gasteiger partial charge on any atom is -0.366 e. The number of H-pyrrole nitrogens is 1. The van der Waals surface area contributed by atoms with Crippen LogP contribution in [-0.4, -0.2) is 50.8 Å². The van der Waals surface area contributed by atoms with Gasteiger partial charge in [0.1, 0.15) is 5.69 Å². The fourth-order valence-corrected chi connectivity index (χ4v) is 4.95. The molecule has 4 heterocycles. The molecule has 1 aliphatic rings. The van der Waals surface area contributed by atoms with Crippen LogP contribution < -0.4 is 10.2 Å². The fourth-order valence-electron chi connectivity index (χ4n) is 3.74. The molecule has 2 N–H and O–H groups in total. The van der Waals surface area contributed by atoms with Crippen LogP contribution in [0.4, 0.5) is 15.9 Å². The topological polar surface area (TPSA) is 78.3 Å². The van der Waals surface area contributed by atoms with E-state index in [4.69, 9.17) is 11.6 Å². The van der Waals surface area contributed by atoms with E-state index in [2.05, 4.69) is 20.6 Å². The van der Waals surface area contributed by atoms with Gasteiger partial charge >= 0.3 is 0 Å². The molecule has 0 unspecified atom stereocenters. The van der Waals surface area contributed by atoms with Crippen molar-refractivity contribution in [2.75, 3.05) is 34.8 Å². The monoisotopic (exact) mass is 430 g/mol. The Bertz CT molecular complexity index is 1230. The largest absolute Gasteiger partial charge is 0.366 e. The predicted molar refractivity (Wildman–Crippen MR) is 114 cm³/mol. The number of benzene rings is 1. The summed E-state index contributed by atoms with van der Waals surface area (Å²) >= 11 is 8.42. The van der Waals surface area contributed by atoms with Crippen molar-refractivity contribution in [1.82, 2.24) is 19.8 Å². The first-order valence-electron chi connectivity index (χ1n) is 9.04. The summed E-state index contributed by atoms with van der Waals surface area (Å²) in [6, 6.07) is 5.40. The number of thioether (sulfide) groups is 1. The van der Waals surface area contributed by atoms with Crippen LogP contribution in [0.5, 0.6) is 0 Å². The second-order valence-corrected chi connectivity index (χ2v) is 8.29. The second-order valence-electron chi connectivity index (χ2n) is 6.69. The number of fused-ring (bicyclic) bond motifs is 2. The van der Waals surface area contributed by atoms with Crippen LogP contribution in [0.15, 0.2) is 30.6 Å². The predicted octanol–water partition coefficient (Wildman–Crippen LogP) is 3.79. The third-order valence-corrected chi connectivity index (χ3v) is 6.35. The maximum atomic E-state index is 15.5. The summed E-state index contributed by atoms with van der Waals surface area (Å²) in [5, 5.41) is 14.7. The van der Waals surface area contributed by atoms with Crippen LogP contribution in [0.25, 0.3) is 27.5 Å². The van der Waals surface area contributed by atoms with Crippen LogP contribution in [0.3, 0.4) is 0 Å². The third-order valence-electron chi connectivity index (χ3n) is 5.05. The van der Waals surface area contributed by atoms with E-state index in [0.717, 1.165) is 41.1 Å². The van der Waals surface area contributed by atoms with E-state index in [1.165, 1.54) is 0 Å². The summed E-state index contributed by atoms with van der Waals surface area (Å²) in [6.07, 6.45) is 4.00. The lowest BCUT2D eigenvalue weighted by Gasteiger charge is -2.30. The molecular formula is C19H16ClFN6OS. The first-order valence-corrected chi connectivity index (χ1v) is 10.6. The molecule has 4 aromatic rings. The second kappa shape index (κ2) is 7.23. The maximum Gasteiger partial charge on any atom is 0.212 e. The van der Waals surface area contributed by atoms with Crippen LogP contribution in [0, 0.1) is 5.82 Å². The highest BCUT2D eigenvalue weighted by molar-refractivity contribution is 7.99. The molecule has 0 radical (unpaired) electrons. The number of anilines is 2. The minimum atomic E-state index is -0.443. The lowest BCUT2D eigenvalue weighted by molar-refractivity contribution is -0.105. The quantitative estimate of drug-likeness (QED) is 0.481. The molecule has 10 heteroatoms. The average Bonchev–Trinajstić information content (AvgIpc) is 3.36. The van der Waals surface area contributed by atoms with Crippen molar-refractivity contribution in [1.29, 1.82) is 0 Å². The van der Waals surface area contributed by atoms with Crippen molar-refractivity contribution >= 4 is 57.7 Å². The smallest absolute Gasteiger partial charge is 0.212 e. The Kier molecular flexibility index (Phi) is 4.56. The molecule has 7 nitrogen and oxygen atoms in total. The highest BCUT2D eigenvalue weighted by Gasteiger charge is 2.25. The third kappa shape index (κ3) is 3.01. The number of rotatable bonds is 4. The van der Waals surface area contributed by atoms with Gasteiger partial charge in [0, 0.05) is 47.8 Å². The first-order chi connectivity index (χ1) is 14.2. The number of nitrogens with one attached hydrogen (secondary N) is 2. The van der Waals surface area contributed by atoms with Crippen molar-refractivity contribution in [3.05, 3.63) is 41.4 Å². The Morgan fingerprint density at radius 3 is 2.93 bits per heavy atom. The minimum absolute atomic E-state index is 0.0715. The van der Waals surface area contributed by atoms with E-state index in [9.17, 15) is 4.79 Å². The van der Waals surface area contributed by atoms with Crippen molar-refractivity contribution in [2.24, 2.45) is 0 Å². The molecule has 5 rings (SSSR count). The molecule has 1 fully saturated rings. The standard InChI is InChI=1S/C19H16ClFN6OS/c20-16-15(11-1-2-27-12(7-11)8-14(25-27)22-10-28)13-9-23-24-18(13)19(17(16)21)26-3-5-29-6-4-26/h1-2,7-10H,3-6H2,(H,23,24)(H,22,25,28). The summed E-state index contributed by atoms with van der Waals surface area (Å²) in [6.45, 7) is 1.53. The van der Waals surface area contributed by atoms with Crippen molar-refractivity contribution in [3.63, 3.8) is 0 Å². The number of amides is 1. The van der Waals surface area contributed by atoms with Crippen molar-refractivity contribution in [2.45, 2.75) is 0 Å². The fraction of sp³-hybridized carbons (Fsp3) is 0.211. The Morgan fingerprint density at radius 2 is 2.14 bits per heavy atom. The summed E-state index contributed by atoms with van der Waals surface area (Å²) in [4.78, 5) is 12.7. The van der Waals surface area contributed by atoms with Gasteiger partial charge in [0.05, 0.1) is 22.3 Å². The highest BCUT2D eigenvalue weighted by atomic mass is 35.5. The zero-order valence-electron chi connectivity index (χ0n) is 15.2. The Labute approximate surface area is 174 Å². The van der Waals surface area contributed by atoms with Gasteiger partial charge < -0.3 is 10.2 Å². The lowest BCUT2D eigenvalue weighted by Crippen LogP contribution is -2.33. The van der Waals surface area contributed by atoms with E-state index < -0.39 is 5.82 Å². The zero-order chi connectivity index (χ0) is 20.0. The molecule has 0 spiro atoms. The number of aromatic nitrogens is 4. The molecule has 1 amide bonds. The molecule has 3 aromatic heterocycles. The molecule has 0 aliphatic carbocycles. The van der Waals surface area contributed by atoms with Crippen molar-refractivity contribution < 1.29 is 9.18 Å². The Balaban J connectivity index is 1.69. The summed E-state index contributed by atoms with van der Waals surface area (Å²) < 4.78 is 17.1. The molecule has 1 saturated heterocycles. The number of hydrogen-bond acceptors (Lipinski definition) is 5. The zero-order valence-corrected chi connectivity index (χ0v) is 16.7. The van der Waals surface area contributed by atoms with Gasteiger partial charge in [-0.3, -0.25) is 9.89 Å². The summed E-state index contributed by atoms with van der Waals surface area (Å²) in [7, 11) is 0. The SMILES string of the molecule is O=CNc1cc2cc(-c3c(Cl)c(F)c(N4CCSCC4)c4[nH]ncc34)ccn2n1. The molecule has 0 bridgehead atoms. The number of aromatic amines is 1. The average molecular weight is 431 g/mol. The van der Waals surface area contributed by atoms with Crippen LogP contribution in [0.1, 0.15) is 0 Å². The van der Waals surface area contributed by atoms with E-state index in [0.29, 0.717) is 29.0 Å². The Hall–Kier alpha value is -2.78. The van der Waals surface area contributed by atoms with Gasteiger partial charge in [0.2, 0.25) is 6.41 Å². The van der Waals surface area contributed by atoms with Gasteiger partial charge in [-0.1, -0.05) is 11.6 Å². The molecule has 148 valence electrons. The van der Waals surface area contributed by atoms with Gasteiger partial charge in [-0.05, 0) is 17.7 Å². The summed E-state index contributed by atoms with van der Waals surface area (Å²) in [5.41, 5.74) is 3.19. The van der Waals surface area contributed by atoms with E-state index in [1.807, 2.05) is 28.8 Å². The number of carbonyl (C=O) groups is 1. The van der Waals surface area contributed by atoms with Crippen molar-refractivity contribution in [3.8, 4) is 11.1 Å². The van der Waals surface area contributed by atoms with Gasteiger partial charge in [-0.15, -0.1) is 0 Å². The Morgan fingerprint density at radius 1 is 1.31 bits per heavy atom. The number of nitrogens with zero attached hydrogens (tertiary/aromatic N) is 4. The van der Waals surface area contributed by atoms with Gasteiger partial charge in [0.15, 0.2) is 11.6 Å². The van der Waals surface area contributed by atoms with Crippen LogP contribution >= 0.6 is 23.4 Å². The van der Waals surface area contributed by atoms with Gasteiger partial charge in [-0.2, -0.15) is 22.0 Å². The highest BCUT2D eigenvalue weighted by Crippen LogP contribution is 2.43. The number of halogens is 2. The summed E-state index contributed by atoms with van der Waals surface area (Å²) in [5.74, 6) is 1.88. The van der Waals surface area contributed by atoms with Gasteiger partial charge in [-0.25, -0.2) is 8.91 Å². The number of carbonyl (C=O) groups excluding carboxylic acids is 1. The molecule has 0 atom stereocenters. The van der Waals surface area contributed by atoms with E-state index >= 15 is 4.39 Å². The first kappa shape index (κ1) is 18.3. The molecule has 1 aliphatic heterocycles.